The molecule has 3 nitrogen and oxygen atoms in total. The predicted molar refractivity (Wildman–Crippen MR) is 87.2 cm³/mol. The van der Waals surface area contributed by atoms with E-state index in [1.807, 2.05) is 25.1 Å². The third-order valence-electron chi connectivity index (χ3n) is 4.09. The van der Waals surface area contributed by atoms with Crippen molar-refractivity contribution >= 4 is 34.2 Å². The van der Waals surface area contributed by atoms with Crippen molar-refractivity contribution in [2.45, 2.75) is 50.6 Å². The minimum absolute atomic E-state index is 0.153. The number of imidazole rings is 1. The summed E-state index contributed by atoms with van der Waals surface area (Å²) >= 11 is 12.5. The fraction of sp³-hybridized carbons (Fsp3) is 0.562. The molecule has 1 aromatic heterocycles. The van der Waals surface area contributed by atoms with Crippen LogP contribution < -0.4 is 0 Å². The molecule has 2 aromatic rings. The topological polar surface area (TPSA) is 27.1 Å². The molecule has 0 N–H and O–H groups in total. The lowest BCUT2D eigenvalue weighted by Gasteiger charge is -2.14. The predicted octanol–water partition coefficient (Wildman–Crippen LogP) is 4.95. The van der Waals surface area contributed by atoms with Crippen molar-refractivity contribution < 1.29 is 4.74 Å². The van der Waals surface area contributed by atoms with E-state index >= 15 is 0 Å². The van der Waals surface area contributed by atoms with Gasteiger partial charge >= 0.3 is 0 Å². The summed E-state index contributed by atoms with van der Waals surface area (Å²) in [4.78, 5) is 4.61. The first-order chi connectivity index (χ1) is 10.2. The number of nitrogens with zero attached hydrogens (tertiary/aromatic N) is 2. The van der Waals surface area contributed by atoms with Crippen LogP contribution in [-0.4, -0.2) is 22.3 Å². The summed E-state index contributed by atoms with van der Waals surface area (Å²) in [5.41, 5.74) is 1.85. The van der Waals surface area contributed by atoms with Crippen molar-refractivity contribution in [3.05, 3.63) is 29.0 Å². The number of hydrogen-bond acceptors (Lipinski definition) is 2. The molecule has 0 aliphatic heterocycles. The normalized spacial score (nSPS) is 17.7. The van der Waals surface area contributed by atoms with Crippen LogP contribution in [0.4, 0.5) is 0 Å². The van der Waals surface area contributed by atoms with Gasteiger partial charge in [-0.25, -0.2) is 4.98 Å². The number of hydrogen-bond donors (Lipinski definition) is 0. The monoisotopic (exact) mass is 326 g/mol. The Balaban J connectivity index is 1.81. The fourth-order valence-electron chi connectivity index (χ4n) is 3.04. The SMILES string of the molecule is CC(Cl)c1nc2c(Cl)cccc2n1CCOC1CCCC1. The van der Waals surface area contributed by atoms with E-state index in [2.05, 4.69) is 9.55 Å². The Morgan fingerprint density at radius 3 is 2.86 bits per heavy atom. The first-order valence-electron chi connectivity index (χ1n) is 7.57. The molecule has 1 aliphatic carbocycles. The second-order valence-electron chi connectivity index (χ2n) is 5.62. The molecule has 3 rings (SSSR count). The van der Waals surface area contributed by atoms with E-state index in [4.69, 9.17) is 27.9 Å². The lowest BCUT2D eigenvalue weighted by Crippen LogP contribution is -2.14. The van der Waals surface area contributed by atoms with E-state index in [1.54, 1.807) is 0 Å². The summed E-state index contributed by atoms with van der Waals surface area (Å²) in [6.07, 6.45) is 5.39. The van der Waals surface area contributed by atoms with Gasteiger partial charge in [0.25, 0.3) is 0 Å². The smallest absolute Gasteiger partial charge is 0.127 e. The van der Waals surface area contributed by atoms with Gasteiger partial charge in [-0.3, -0.25) is 0 Å². The third-order valence-corrected chi connectivity index (χ3v) is 4.59. The summed E-state index contributed by atoms with van der Waals surface area (Å²) in [6.45, 7) is 3.39. The van der Waals surface area contributed by atoms with Crippen LogP contribution in [0.3, 0.4) is 0 Å². The molecule has 0 amide bonds. The Morgan fingerprint density at radius 2 is 2.14 bits per heavy atom. The molecule has 0 bridgehead atoms. The van der Waals surface area contributed by atoms with Gasteiger partial charge in [0, 0.05) is 6.54 Å². The van der Waals surface area contributed by atoms with E-state index in [1.165, 1.54) is 25.7 Å². The minimum atomic E-state index is -0.153. The van der Waals surface area contributed by atoms with Crippen molar-refractivity contribution in [1.29, 1.82) is 0 Å². The van der Waals surface area contributed by atoms with Crippen LogP contribution in [-0.2, 0) is 11.3 Å². The molecule has 1 atom stereocenters. The van der Waals surface area contributed by atoms with Crippen LogP contribution in [0, 0.1) is 0 Å². The Kier molecular flexibility index (Phi) is 4.72. The molecule has 21 heavy (non-hydrogen) atoms. The second-order valence-corrected chi connectivity index (χ2v) is 6.68. The maximum atomic E-state index is 6.27. The third kappa shape index (κ3) is 3.20. The molecule has 1 aromatic carbocycles. The van der Waals surface area contributed by atoms with Gasteiger partial charge in [-0.2, -0.15) is 0 Å². The van der Waals surface area contributed by atoms with Crippen molar-refractivity contribution in [2.24, 2.45) is 0 Å². The molecule has 0 radical (unpaired) electrons. The van der Waals surface area contributed by atoms with Gasteiger partial charge in [0.05, 0.1) is 28.6 Å². The zero-order chi connectivity index (χ0) is 14.8. The Labute approximate surface area is 135 Å². The largest absolute Gasteiger partial charge is 0.376 e. The van der Waals surface area contributed by atoms with Gasteiger partial charge in [-0.05, 0) is 31.9 Å². The van der Waals surface area contributed by atoms with Crippen molar-refractivity contribution in [3.63, 3.8) is 0 Å². The number of halogens is 2. The van der Waals surface area contributed by atoms with Crippen LogP contribution >= 0.6 is 23.2 Å². The van der Waals surface area contributed by atoms with Crippen LogP contribution in [0.25, 0.3) is 11.0 Å². The zero-order valence-corrected chi connectivity index (χ0v) is 13.7. The van der Waals surface area contributed by atoms with Gasteiger partial charge in [-0.15, -0.1) is 11.6 Å². The number of ether oxygens (including phenoxy) is 1. The maximum Gasteiger partial charge on any atom is 0.127 e. The first kappa shape index (κ1) is 15.1. The molecule has 0 spiro atoms. The standard InChI is InChI=1S/C16H20Cl2N2O/c1-11(17)16-19-15-13(18)7-4-8-14(15)20(16)9-10-21-12-5-2-3-6-12/h4,7-8,11-12H,2-3,5-6,9-10H2,1H3. The molecule has 1 fully saturated rings. The number of benzene rings is 1. The summed E-state index contributed by atoms with van der Waals surface area (Å²) in [5, 5.41) is 0.515. The molecule has 0 saturated heterocycles. The molecule has 1 heterocycles. The molecular formula is C16H20Cl2N2O. The summed E-state index contributed by atoms with van der Waals surface area (Å²) < 4.78 is 8.10. The highest BCUT2D eigenvalue weighted by molar-refractivity contribution is 6.35. The lowest BCUT2D eigenvalue weighted by molar-refractivity contribution is 0.0531. The molecule has 1 aliphatic rings. The van der Waals surface area contributed by atoms with Gasteiger partial charge in [0.15, 0.2) is 0 Å². The highest BCUT2D eigenvalue weighted by Crippen LogP contribution is 2.29. The Hall–Kier alpha value is -0.770. The lowest BCUT2D eigenvalue weighted by atomic mass is 10.3. The molecular weight excluding hydrogens is 307 g/mol. The fourth-order valence-corrected chi connectivity index (χ4v) is 3.41. The Morgan fingerprint density at radius 1 is 1.38 bits per heavy atom. The molecule has 1 saturated carbocycles. The van der Waals surface area contributed by atoms with E-state index in [-0.39, 0.29) is 5.38 Å². The maximum absolute atomic E-state index is 6.27. The number of aromatic nitrogens is 2. The molecule has 114 valence electrons. The van der Waals surface area contributed by atoms with Crippen molar-refractivity contribution in [3.8, 4) is 0 Å². The van der Waals surface area contributed by atoms with Gasteiger partial charge in [0.1, 0.15) is 11.3 Å². The quantitative estimate of drug-likeness (QED) is 0.727. The summed E-state index contributed by atoms with van der Waals surface area (Å²) in [5.74, 6) is 0.856. The van der Waals surface area contributed by atoms with Gasteiger partial charge < -0.3 is 9.30 Å². The number of fused-ring (bicyclic) bond motifs is 1. The van der Waals surface area contributed by atoms with Gasteiger partial charge in [-0.1, -0.05) is 30.5 Å². The van der Waals surface area contributed by atoms with Crippen LogP contribution in [0.15, 0.2) is 18.2 Å². The van der Waals surface area contributed by atoms with Gasteiger partial charge in [0.2, 0.25) is 0 Å². The van der Waals surface area contributed by atoms with Crippen LogP contribution in [0.2, 0.25) is 5.02 Å². The summed E-state index contributed by atoms with van der Waals surface area (Å²) in [7, 11) is 0. The van der Waals surface area contributed by atoms with Crippen molar-refractivity contribution in [1.82, 2.24) is 9.55 Å². The Bertz CT molecular complexity index is 618. The number of alkyl halides is 1. The van der Waals surface area contributed by atoms with Crippen molar-refractivity contribution in [2.75, 3.05) is 6.61 Å². The van der Waals surface area contributed by atoms with Crippen LogP contribution in [0.1, 0.15) is 43.8 Å². The average molecular weight is 327 g/mol. The minimum Gasteiger partial charge on any atom is -0.376 e. The first-order valence-corrected chi connectivity index (χ1v) is 8.38. The number of para-hydroxylation sites is 1. The molecule has 5 heteroatoms. The van der Waals surface area contributed by atoms with E-state index in [0.717, 1.165) is 23.4 Å². The summed E-state index contributed by atoms with van der Waals surface area (Å²) in [6, 6.07) is 5.84. The van der Waals surface area contributed by atoms with E-state index < -0.39 is 0 Å². The average Bonchev–Trinajstić information content (AvgIpc) is 3.08. The number of rotatable bonds is 5. The zero-order valence-electron chi connectivity index (χ0n) is 12.2. The second kappa shape index (κ2) is 6.55. The highest BCUT2D eigenvalue weighted by Gasteiger charge is 2.18. The van der Waals surface area contributed by atoms with Crippen LogP contribution in [0.5, 0.6) is 0 Å². The van der Waals surface area contributed by atoms with E-state index in [0.29, 0.717) is 17.7 Å². The highest BCUT2D eigenvalue weighted by atomic mass is 35.5. The molecule has 1 unspecified atom stereocenters. The van der Waals surface area contributed by atoms with E-state index in [9.17, 15) is 0 Å².